The van der Waals surface area contributed by atoms with E-state index in [9.17, 15) is 4.79 Å². The molecule has 0 aliphatic rings. The van der Waals surface area contributed by atoms with Crippen molar-refractivity contribution in [1.29, 1.82) is 0 Å². The number of nitrogens with one attached hydrogen (secondary N) is 1. The molecule has 0 amide bonds. The van der Waals surface area contributed by atoms with Gasteiger partial charge >= 0.3 is 0 Å². The summed E-state index contributed by atoms with van der Waals surface area (Å²) in [5, 5.41) is 2.64. The maximum atomic E-state index is 13.6. The van der Waals surface area contributed by atoms with Crippen LogP contribution in [0.1, 0.15) is 5.56 Å². The molecule has 5 aromatic rings. The predicted octanol–water partition coefficient (Wildman–Crippen LogP) is 6.32. The van der Waals surface area contributed by atoms with Crippen molar-refractivity contribution in [3.63, 3.8) is 0 Å². The van der Waals surface area contributed by atoms with Gasteiger partial charge in [-0.2, -0.15) is 0 Å². The standard InChI is InChI=1S/C25H19ClN2O/c1-15-8-10-18-20(14-27-21(18)12-15)24-23(16-6-4-3-5-7-16)19-13-17(26)9-11-22(19)28(2)25(24)29/h3-14,27H,1-2H3. The molecule has 0 spiro atoms. The molecule has 142 valence electrons. The number of aromatic nitrogens is 2. The molecule has 0 unspecified atom stereocenters. The summed E-state index contributed by atoms with van der Waals surface area (Å²) in [6, 6.07) is 22.0. The molecule has 2 heterocycles. The molecule has 0 fully saturated rings. The number of aromatic amines is 1. The number of aryl methyl sites for hydroxylation is 2. The Morgan fingerprint density at radius 1 is 0.897 bits per heavy atom. The Morgan fingerprint density at radius 3 is 2.48 bits per heavy atom. The molecule has 5 rings (SSSR count). The highest BCUT2D eigenvalue weighted by Gasteiger charge is 2.21. The third-order valence-electron chi connectivity index (χ3n) is 5.53. The number of hydrogen-bond acceptors (Lipinski definition) is 1. The van der Waals surface area contributed by atoms with Crippen LogP contribution < -0.4 is 5.56 Å². The Labute approximate surface area is 173 Å². The highest BCUT2D eigenvalue weighted by molar-refractivity contribution is 6.31. The Bertz CT molecular complexity index is 1450. The van der Waals surface area contributed by atoms with Gasteiger partial charge in [-0.25, -0.2) is 0 Å². The Balaban J connectivity index is 2.00. The summed E-state index contributed by atoms with van der Waals surface area (Å²) >= 11 is 6.37. The minimum Gasteiger partial charge on any atom is -0.361 e. The van der Waals surface area contributed by atoms with Crippen molar-refractivity contribution in [3.05, 3.63) is 93.9 Å². The average Bonchev–Trinajstić information content (AvgIpc) is 3.13. The van der Waals surface area contributed by atoms with Gasteiger partial charge in [-0.1, -0.05) is 54.1 Å². The third-order valence-corrected chi connectivity index (χ3v) is 5.76. The van der Waals surface area contributed by atoms with Crippen LogP contribution in [0.5, 0.6) is 0 Å². The highest BCUT2D eigenvalue weighted by atomic mass is 35.5. The van der Waals surface area contributed by atoms with Crippen LogP contribution >= 0.6 is 11.6 Å². The number of hydrogen-bond donors (Lipinski definition) is 1. The fraction of sp³-hybridized carbons (Fsp3) is 0.0800. The lowest BCUT2D eigenvalue weighted by Crippen LogP contribution is -2.20. The summed E-state index contributed by atoms with van der Waals surface area (Å²) in [7, 11) is 1.82. The largest absolute Gasteiger partial charge is 0.361 e. The fourth-order valence-corrected chi connectivity index (χ4v) is 4.29. The number of H-pyrrole nitrogens is 1. The number of fused-ring (bicyclic) bond motifs is 2. The van der Waals surface area contributed by atoms with Gasteiger partial charge < -0.3 is 9.55 Å². The van der Waals surface area contributed by atoms with Crippen molar-refractivity contribution < 1.29 is 0 Å². The highest BCUT2D eigenvalue weighted by Crippen LogP contribution is 2.39. The van der Waals surface area contributed by atoms with E-state index in [-0.39, 0.29) is 5.56 Å². The molecule has 0 atom stereocenters. The van der Waals surface area contributed by atoms with E-state index in [1.54, 1.807) is 4.57 Å². The van der Waals surface area contributed by atoms with Crippen LogP contribution in [0.4, 0.5) is 0 Å². The summed E-state index contributed by atoms with van der Waals surface area (Å²) in [4.78, 5) is 16.9. The minimum absolute atomic E-state index is 0.0276. The van der Waals surface area contributed by atoms with E-state index >= 15 is 0 Å². The van der Waals surface area contributed by atoms with Crippen LogP contribution in [0.25, 0.3) is 44.1 Å². The number of pyridine rings is 1. The lowest BCUT2D eigenvalue weighted by Gasteiger charge is -2.16. The van der Waals surface area contributed by atoms with Gasteiger partial charge in [-0.3, -0.25) is 4.79 Å². The summed E-state index contributed by atoms with van der Waals surface area (Å²) in [5.41, 5.74) is 6.52. The second-order valence-electron chi connectivity index (χ2n) is 7.39. The maximum Gasteiger partial charge on any atom is 0.259 e. The lowest BCUT2D eigenvalue weighted by molar-refractivity contribution is 0.910. The van der Waals surface area contributed by atoms with Crippen molar-refractivity contribution in [2.75, 3.05) is 0 Å². The minimum atomic E-state index is -0.0276. The second kappa shape index (κ2) is 6.64. The first-order valence-corrected chi connectivity index (χ1v) is 9.88. The number of benzene rings is 3. The Morgan fingerprint density at radius 2 is 1.69 bits per heavy atom. The van der Waals surface area contributed by atoms with E-state index in [2.05, 4.69) is 30.1 Å². The van der Waals surface area contributed by atoms with E-state index in [4.69, 9.17) is 11.6 Å². The van der Waals surface area contributed by atoms with Gasteiger partial charge in [0.25, 0.3) is 5.56 Å². The Hall–Kier alpha value is -3.30. The molecule has 1 N–H and O–H groups in total. The number of rotatable bonds is 2. The summed E-state index contributed by atoms with van der Waals surface area (Å²) in [6.45, 7) is 2.06. The van der Waals surface area contributed by atoms with Crippen LogP contribution in [0.2, 0.25) is 5.02 Å². The molecular weight excluding hydrogens is 380 g/mol. The average molecular weight is 399 g/mol. The zero-order valence-electron chi connectivity index (χ0n) is 16.2. The molecule has 4 heteroatoms. The molecule has 29 heavy (non-hydrogen) atoms. The van der Waals surface area contributed by atoms with Crippen LogP contribution in [-0.4, -0.2) is 9.55 Å². The molecule has 0 bridgehead atoms. The first kappa shape index (κ1) is 17.8. The van der Waals surface area contributed by atoms with E-state index in [1.165, 1.54) is 5.56 Å². The van der Waals surface area contributed by atoms with Crippen molar-refractivity contribution in [2.45, 2.75) is 6.92 Å². The van der Waals surface area contributed by atoms with Crippen LogP contribution in [0.3, 0.4) is 0 Å². The van der Waals surface area contributed by atoms with Crippen molar-refractivity contribution in [1.82, 2.24) is 9.55 Å². The van der Waals surface area contributed by atoms with E-state index in [0.717, 1.165) is 38.5 Å². The van der Waals surface area contributed by atoms with Crippen molar-refractivity contribution in [3.8, 4) is 22.3 Å². The van der Waals surface area contributed by atoms with Gasteiger partial charge in [-0.15, -0.1) is 0 Å². The van der Waals surface area contributed by atoms with Crippen LogP contribution in [0, 0.1) is 6.92 Å². The second-order valence-corrected chi connectivity index (χ2v) is 7.83. The zero-order chi connectivity index (χ0) is 20.1. The summed E-state index contributed by atoms with van der Waals surface area (Å²) in [5.74, 6) is 0. The van der Waals surface area contributed by atoms with Crippen molar-refractivity contribution >= 4 is 33.4 Å². The molecule has 0 saturated carbocycles. The van der Waals surface area contributed by atoms with E-state index in [1.807, 2.05) is 61.8 Å². The van der Waals surface area contributed by atoms with E-state index < -0.39 is 0 Å². The lowest BCUT2D eigenvalue weighted by atomic mass is 9.91. The molecule has 3 aromatic carbocycles. The molecule has 0 aliphatic carbocycles. The van der Waals surface area contributed by atoms with Gasteiger partial charge in [0.2, 0.25) is 0 Å². The van der Waals surface area contributed by atoms with Gasteiger partial charge in [0.05, 0.1) is 11.1 Å². The Kier molecular flexibility index (Phi) is 4.07. The number of halogens is 1. The van der Waals surface area contributed by atoms with Crippen molar-refractivity contribution in [2.24, 2.45) is 7.05 Å². The van der Waals surface area contributed by atoms with Gasteiger partial charge in [-0.05, 0) is 42.3 Å². The van der Waals surface area contributed by atoms with Crippen LogP contribution in [-0.2, 0) is 7.05 Å². The van der Waals surface area contributed by atoms with Gasteiger partial charge in [0, 0.05) is 45.7 Å². The quantitative estimate of drug-likeness (QED) is 0.371. The molecule has 0 saturated heterocycles. The zero-order valence-corrected chi connectivity index (χ0v) is 16.9. The summed E-state index contributed by atoms with van der Waals surface area (Å²) in [6.07, 6.45) is 1.93. The molecule has 2 aromatic heterocycles. The molecule has 3 nitrogen and oxygen atoms in total. The van der Waals surface area contributed by atoms with Gasteiger partial charge in [0.15, 0.2) is 0 Å². The number of nitrogens with zero attached hydrogens (tertiary/aromatic N) is 1. The predicted molar refractivity (Wildman–Crippen MR) is 122 cm³/mol. The monoisotopic (exact) mass is 398 g/mol. The SMILES string of the molecule is Cc1ccc2c(-c3c(-c4ccccc4)c4cc(Cl)ccc4n(C)c3=O)c[nH]c2c1. The van der Waals surface area contributed by atoms with Gasteiger partial charge in [0.1, 0.15) is 0 Å². The maximum absolute atomic E-state index is 13.6. The first-order chi connectivity index (χ1) is 14.0. The van der Waals surface area contributed by atoms with E-state index in [0.29, 0.717) is 10.6 Å². The molecule has 0 radical (unpaired) electrons. The fourth-order valence-electron chi connectivity index (χ4n) is 4.12. The molecular formula is C25H19ClN2O. The molecule has 0 aliphatic heterocycles. The topological polar surface area (TPSA) is 37.8 Å². The normalized spacial score (nSPS) is 11.4. The third kappa shape index (κ3) is 2.78. The van der Waals surface area contributed by atoms with Crippen LogP contribution in [0.15, 0.2) is 77.7 Å². The first-order valence-electron chi connectivity index (χ1n) is 9.50. The summed E-state index contributed by atoms with van der Waals surface area (Å²) < 4.78 is 1.71. The smallest absolute Gasteiger partial charge is 0.259 e.